The van der Waals surface area contributed by atoms with Gasteiger partial charge in [0.15, 0.2) is 6.61 Å². The summed E-state index contributed by atoms with van der Waals surface area (Å²) in [5.41, 5.74) is 0.528. The van der Waals surface area contributed by atoms with Crippen LogP contribution in [0.1, 0.15) is 5.56 Å². The summed E-state index contributed by atoms with van der Waals surface area (Å²) in [6.45, 7) is 1.41. The molecule has 1 aliphatic rings. The van der Waals surface area contributed by atoms with Gasteiger partial charge in [-0.3, -0.25) is 4.90 Å². The smallest absolute Gasteiger partial charge is 0.341 e. The number of nitrogens with zero attached hydrogens (tertiary/aromatic N) is 2. The summed E-state index contributed by atoms with van der Waals surface area (Å²) in [5.74, 6) is -1.25. The molecule has 0 amide bonds. The van der Waals surface area contributed by atoms with Gasteiger partial charge in [0.1, 0.15) is 11.6 Å². The second-order valence-electron chi connectivity index (χ2n) is 6.43. The molecule has 2 aromatic rings. The third-order valence-electron chi connectivity index (χ3n) is 4.48. The summed E-state index contributed by atoms with van der Waals surface area (Å²) in [4.78, 5) is 13.0. The molecule has 1 heterocycles. The first-order chi connectivity index (χ1) is 13.4. The van der Waals surface area contributed by atoms with Crippen molar-refractivity contribution in [3.8, 4) is 5.75 Å². The second-order valence-corrected chi connectivity index (χ2v) is 8.37. The van der Waals surface area contributed by atoms with Crippen molar-refractivity contribution in [2.45, 2.75) is 11.4 Å². The van der Waals surface area contributed by atoms with Crippen molar-refractivity contribution in [3.05, 3.63) is 59.9 Å². The monoisotopic (exact) mass is 408 g/mol. The molecule has 7 nitrogen and oxygen atoms in total. The van der Waals surface area contributed by atoms with E-state index in [-0.39, 0.29) is 4.90 Å². The fourth-order valence-electron chi connectivity index (χ4n) is 3.06. The van der Waals surface area contributed by atoms with Crippen molar-refractivity contribution in [3.63, 3.8) is 0 Å². The van der Waals surface area contributed by atoms with Gasteiger partial charge in [-0.15, -0.1) is 0 Å². The van der Waals surface area contributed by atoms with E-state index in [1.54, 1.807) is 30.3 Å². The number of sulfonamides is 1. The third-order valence-corrected chi connectivity index (χ3v) is 6.39. The lowest BCUT2D eigenvalue weighted by molar-refractivity contribution is -0.139. The van der Waals surface area contributed by atoms with Gasteiger partial charge in [0.25, 0.3) is 0 Å². The highest BCUT2D eigenvalue weighted by Crippen LogP contribution is 2.23. The number of rotatable bonds is 7. The molecule has 1 aliphatic heterocycles. The van der Waals surface area contributed by atoms with E-state index >= 15 is 0 Å². The molecule has 150 valence electrons. The first kappa shape index (κ1) is 20.2. The van der Waals surface area contributed by atoms with E-state index in [9.17, 15) is 17.6 Å². The molecule has 0 radical (unpaired) electrons. The summed E-state index contributed by atoms with van der Waals surface area (Å²) < 4.78 is 45.7. The lowest BCUT2D eigenvalue weighted by Gasteiger charge is -2.34. The van der Waals surface area contributed by atoms with E-state index in [0.29, 0.717) is 44.0 Å². The normalized spacial score (nSPS) is 16.0. The highest BCUT2D eigenvalue weighted by Gasteiger charge is 2.28. The first-order valence-electron chi connectivity index (χ1n) is 8.77. The van der Waals surface area contributed by atoms with Crippen molar-refractivity contribution in [1.82, 2.24) is 9.21 Å². The van der Waals surface area contributed by atoms with Crippen LogP contribution in [0.25, 0.3) is 0 Å². The molecule has 0 atom stereocenters. The van der Waals surface area contributed by atoms with Crippen molar-refractivity contribution in [2.75, 3.05) is 32.8 Å². The highest BCUT2D eigenvalue weighted by molar-refractivity contribution is 7.89. The summed E-state index contributed by atoms with van der Waals surface area (Å²) in [5, 5.41) is 8.77. The lowest BCUT2D eigenvalue weighted by atomic mass is 10.1. The topological polar surface area (TPSA) is 87.2 Å². The maximum atomic E-state index is 13.6. The zero-order chi connectivity index (χ0) is 20.1. The number of carboxylic acids is 1. The van der Waals surface area contributed by atoms with E-state index in [1.165, 1.54) is 22.5 Å². The van der Waals surface area contributed by atoms with Crippen LogP contribution in [-0.2, 0) is 21.4 Å². The molecule has 0 bridgehead atoms. The lowest BCUT2D eigenvalue weighted by Crippen LogP contribution is -2.48. The minimum atomic E-state index is -3.53. The molecule has 2 aromatic carbocycles. The Morgan fingerprint density at radius 2 is 1.75 bits per heavy atom. The molecule has 1 N–H and O–H groups in total. The number of piperazine rings is 1. The van der Waals surface area contributed by atoms with E-state index < -0.39 is 28.4 Å². The van der Waals surface area contributed by atoms with E-state index in [1.807, 2.05) is 4.90 Å². The summed E-state index contributed by atoms with van der Waals surface area (Å²) in [6, 6.07) is 12.2. The maximum Gasteiger partial charge on any atom is 0.341 e. The maximum absolute atomic E-state index is 13.6. The molecule has 28 heavy (non-hydrogen) atoms. The Hall–Kier alpha value is -2.49. The summed E-state index contributed by atoms with van der Waals surface area (Å²) >= 11 is 0. The van der Waals surface area contributed by atoms with Gasteiger partial charge in [-0.2, -0.15) is 4.31 Å². The molecule has 1 fully saturated rings. The fraction of sp³-hybridized carbons (Fsp3) is 0.316. The van der Waals surface area contributed by atoms with Crippen molar-refractivity contribution < 1.29 is 27.4 Å². The Kier molecular flexibility index (Phi) is 6.28. The van der Waals surface area contributed by atoms with Crippen molar-refractivity contribution in [2.24, 2.45) is 0 Å². The van der Waals surface area contributed by atoms with Gasteiger partial charge >= 0.3 is 5.97 Å². The van der Waals surface area contributed by atoms with Crippen LogP contribution in [0.2, 0.25) is 0 Å². The largest absolute Gasteiger partial charge is 0.482 e. The minimum Gasteiger partial charge on any atom is -0.482 e. The van der Waals surface area contributed by atoms with Crippen LogP contribution in [0.4, 0.5) is 4.39 Å². The van der Waals surface area contributed by atoms with Crippen molar-refractivity contribution in [1.29, 1.82) is 0 Å². The Morgan fingerprint density at radius 3 is 2.39 bits per heavy atom. The van der Waals surface area contributed by atoms with Gasteiger partial charge in [0, 0.05) is 38.3 Å². The van der Waals surface area contributed by atoms with Gasteiger partial charge in [-0.05, 0) is 30.3 Å². The zero-order valence-corrected chi connectivity index (χ0v) is 15.9. The molecule has 0 aliphatic carbocycles. The highest BCUT2D eigenvalue weighted by atomic mass is 32.2. The number of hydrogen-bond donors (Lipinski definition) is 1. The van der Waals surface area contributed by atoms with Gasteiger partial charge in [-0.1, -0.05) is 18.2 Å². The Balaban J connectivity index is 1.65. The SMILES string of the molecule is O=C(O)COc1ccc(F)cc1CN1CCN(S(=O)(=O)c2ccccc2)CC1. The predicted molar refractivity (Wildman–Crippen MR) is 100 cm³/mol. The molecule has 0 spiro atoms. The minimum absolute atomic E-state index is 0.262. The standard InChI is InChI=1S/C19H21FN2O5S/c20-16-6-7-18(27-14-19(23)24)15(12-16)13-21-8-10-22(11-9-21)28(25,26)17-4-2-1-3-5-17/h1-7,12H,8-11,13-14H2,(H,23,24). The number of ether oxygens (including phenoxy) is 1. The average molecular weight is 408 g/mol. The Labute approximate surface area is 163 Å². The molecule has 0 aromatic heterocycles. The number of halogens is 1. The van der Waals surface area contributed by atoms with Gasteiger partial charge in [0.05, 0.1) is 4.90 Å². The van der Waals surface area contributed by atoms with Crippen LogP contribution < -0.4 is 4.74 Å². The molecular weight excluding hydrogens is 387 g/mol. The van der Waals surface area contributed by atoms with Gasteiger partial charge in [-0.25, -0.2) is 17.6 Å². The fourth-order valence-corrected chi connectivity index (χ4v) is 4.51. The Morgan fingerprint density at radius 1 is 1.07 bits per heavy atom. The van der Waals surface area contributed by atoms with Crippen LogP contribution in [0, 0.1) is 5.82 Å². The van der Waals surface area contributed by atoms with Crippen molar-refractivity contribution >= 4 is 16.0 Å². The predicted octanol–water partition coefficient (Wildman–Crippen LogP) is 1.80. The third kappa shape index (κ3) is 4.86. The van der Waals surface area contributed by atoms with E-state index in [2.05, 4.69) is 0 Å². The number of hydrogen-bond acceptors (Lipinski definition) is 5. The van der Waals surface area contributed by atoms with Crippen LogP contribution in [0.5, 0.6) is 5.75 Å². The molecule has 0 saturated carbocycles. The van der Waals surface area contributed by atoms with Gasteiger partial charge in [0.2, 0.25) is 10.0 Å². The van der Waals surface area contributed by atoms with Crippen LogP contribution in [-0.4, -0.2) is 61.5 Å². The van der Waals surface area contributed by atoms with E-state index in [4.69, 9.17) is 9.84 Å². The number of carboxylic acid groups (broad SMARTS) is 1. The molecule has 1 saturated heterocycles. The van der Waals surface area contributed by atoms with Crippen LogP contribution >= 0.6 is 0 Å². The average Bonchev–Trinajstić information content (AvgIpc) is 2.68. The Bertz CT molecular complexity index is 929. The molecule has 9 heteroatoms. The summed E-state index contributed by atoms with van der Waals surface area (Å²) in [6.07, 6.45) is 0. The van der Waals surface area contributed by atoms with Crippen LogP contribution in [0.3, 0.4) is 0 Å². The molecule has 3 rings (SSSR count). The first-order valence-corrected chi connectivity index (χ1v) is 10.2. The van der Waals surface area contributed by atoms with E-state index in [0.717, 1.165) is 0 Å². The number of aliphatic carboxylic acids is 1. The number of carbonyl (C=O) groups is 1. The molecule has 0 unspecified atom stereocenters. The molecular formula is C19H21FN2O5S. The second kappa shape index (κ2) is 8.68. The van der Waals surface area contributed by atoms with Crippen LogP contribution in [0.15, 0.2) is 53.4 Å². The quantitative estimate of drug-likeness (QED) is 0.752. The van der Waals surface area contributed by atoms with Gasteiger partial charge < -0.3 is 9.84 Å². The zero-order valence-electron chi connectivity index (χ0n) is 15.1. The number of benzene rings is 2. The summed E-state index contributed by atoms with van der Waals surface area (Å²) in [7, 11) is -3.53.